The van der Waals surface area contributed by atoms with Gasteiger partial charge in [-0.1, -0.05) is 37.3 Å². The van der Waals surface area contributed by atoms with Crippen LogP contribution in [0.25, 0.3) is 0 Å². The number of aliphatic hydroxyl groups is 4. The lowest BCUT2D eigenvalue weighted by atomic mass is 9.99. The van der Waals surface area contributed by atoms with Gasteiger partial charge in [0, 0.05) is 0 Å². The highest BCUT2D eigenvalue weighted by atomic mass is 16.4. The first kappa shape index (κ1) is 25.5. The number of aliphatic carboxylic acids is 1. The molecule has 30 heavy (non-hydrogen) atoms. The van der Waals surface area contributed by atoms with E-state index in [2.05, 4.69) is 10.6 Å². The van der Waals surface area contributed by atoms with Crippen LogP contribution in [-0.2, 0) is 14.4 Å². The predicted molar refractivity (Wildman–Crippen MR) is 105 cm³/mol. The summed E-state index contributed by atoms with van der Waals surface area (Å²) in [5.41, 5.74) is 6.02. The Morgan fingerprint density at radius 1 is 1.00 bits per heavy atom. The van der Waals surface area contributed by atoms with Gasteiger partial charge in [0.25, 0.3) is 5.91 Å². The van der Waals surface area contributed by atoms with Gasteiger partial charge in [0.15, 0.2) is 6.10 Å². The molecule has 0 spiro atoms. The second-order valence-electron chi connectivity index (χ2n) is 6.81. The van der Waals surface area contributed by atoms with Gasteiger partial charge in [-0.2, -0.15) is 0 Å². The van der Waals surface area contributed by atoms with Crippen LogP contribution in [0.3, 0.4) is 0 Å². The third-order valence-corrected chi connectivity index (χ3v) is 4.55. The standard InChI is InChI=1S/C19H29N3O8/c1-2-11(20)18(29)22-13(9-23)15(26)16(27)17(28)19(30)21-12(8-14(24)25)10-6-4-3-5-7-10/h3-7,11-13,15-17,23,26-28H,2,8-9,20H2,1H3,(H,21,30)(H,22,29)(H,24,25)/t11?,12?,13-,15+,16+,17-/m0/s1. The average Bonchev–Trinajstić information content (AvgIpc) is 2.74. The zero-order valence-corrected chi connectivity index (χ0v) is 16.5. The third kappa shape index (κ3) is 7.35. The Bertz CT molecular complexity index is 702. The van der Waals surface area contributed by atoms with Gasteiger partial charge in [-0.15, -0.1) is 0 Å². The minimum Gasteiger partial charge on any atom is -0.481 e. The molecule has 1 rings (SSSR count). The second kappa shape index (κ2) is 12.2. The van der Waals surface area contributed by atoms with Gasteiger partial charge in [0.1, 0.15) is 12.2 Å². The highest BCUT2D eigenvalue weighted by molar-refractivity contribution is 5.83. The summed E-state index contributed by atoms with van der Waals surface area (Å²) in [6.45, 7) is 0.859. The van der Waals surface area contributed by atoms with Crippen molar-refractivity contribution in [3.8, 4) is 0 Å². The predicted octanol–water partition coefficient (Wildman–Crippen LogP) is -2.38. The van der Waals surface area contributed by atoms with Crippen molar-refractivity contribution in [2.45, 2.75) is 56.2 Å². The molecule has 0 radical (unpaired) electrons. The molecule has 11 nitrogen and oxygen atoms in total. The van der Waals surface area contributed by atoms with Crippen LogP contribution >= 0.6 is 0 Å². The monoisotopic (exact) mass is 427 g/mol. The van der Waals surface area contributed by atoms with Crippen LogP contribution in [-0.4, -0.2) is 80.3 Å². The summed E-state index contributed by atoms with van der Waals surface area (Å²) in [6.07, 6.45) is -6.34. The van der Waals surface area contributed by atoms with E-state index in [1.807, 2.05) is 0 Å². The number of hydrogen-bond donors (Lipinski definition) is 8. The van der Waals surface area contributed by atoms with E-state index in [1.165, 1.54) is 0 Å². The number of nitrogens with two attached hydrogens (primary N) is 1. The molecule has 1 aromatic carbocycles. The molecule has 0 aromatic heterocycles. The minimum atomic E-state index is -2.16. The third-order valence-electron chi connectivity index (χ3n) is 4.55. The SMILES string of the molecule is CCC(N)C(=O)N[C@@H](CO)[C@@H](O)[C@@H](O)[C@H](O)C(=O)NC(CC(=O)O)c1ccccc1. The molecule has 0 bridgehead atoms. The Hall–Kier alpha value is -2.57. The van der Waals surface area contributed by atoms with Crippen LogP contribution in [0.2, 0.25) is 0 Å². The lowest BCUT2D eigenvalue weighted by Gasteiger charge is -2.30. The van der Waals surface area contributed by atoms with Gasteiger partial charge in [0.05, 0.1) is 31.2 Å². The summed E-state index contributed by atoms with van der Waals surface area (Å²) in [7, 11) is 0. The molecule has 1 aromatic rings. The van der Waals surface area contributed by atoms with Crippen molar-refractivity contribution in [3.05, 3.63) is 35.9 Å². The summed E-state index contributed by atoms with van der Waals surface area (Å²) in [4.78, 5) is 35.3. The number of amides is 2. The molecule has 0 aliphatic heterocycles. The molecule has 6 atom stereocenters. The Balaban J connectivity index is 2.85. The molecule has 168 valence electrons. The van der Waals surface area contributed by atoms with Crippen molar-refractivity contribution in [2.75, 3.05) is 6.61 Å². The van der Waals surface area contributed by atoms with Crippen molar-refractivity contribution in [1.29, 1.82) is 0 Å². The van der Waals surface area contributed by atoms with Crippen molar-refractivity contribution in [3.63, 3.8) is 0 Å². The highest BCUT2D eigenvalue weighted by Gasteiger charge is 2.36. The van der Waals surface area contributed by atoms with Gasteiger partial charge < -0.3 is 41.9 Å². The first-order chi connectivity index (χ1) is 14.1. The number of carboxylic acid groups (broad SMARTS) is 1. The second-order valence-corrected chi connectivity index (χ2v) is 6.81. The molecule has 0 aliphatic carbocycles. The maximum absolute atomic E-state index is 12.3. The number of carbonyl (C=O) groups excluding carboxylic acids is 2. The van der Waals surface area contributed by atoms with E-state index in [1.54, 1.807) is 37.3 Å². The largest absolute Gasteiger partial charge is 0.481 e. The minimum absolute atomic E-state index is 0.290. The van der Waals surface area contributed by atoms with Gasteiger partial charge in [-0.25, -0.2) is 0 Å². The Kier molecular flexibility index (Phi) is 10.4. The smallest absolute Gasteiger partial charge is 0.305 e. The first-order valence-corrected chi connectivity index (χ1v) is 9.40. The van der Waals surface area contributed by atoms with E-state index in [-0.39, 0.29) is 6.42 Å². The topological polar surface area (TPSA) is 202 Å². The molecule has 0 aliphatic rings. The molecule has 11 heteroatoms. The van der Waals surface area contributed by atoms with Crippen LogP contribution in [0.15, 0.2) is 30.3 Å². The molecule has 0 heterocycles. The molecule has 0 saturated carbocycles. The maximum Gasteiger partial charge on any atom is 0.305 e. The molecule has 0 saturated heterocycles. The summed E-state index contributed by atoms with van der Waals surface area (Å²) < 4.78 is 0. The van der Waals surface area contributed by atoms with Crippen LogP contribution in [0.1, 0.15) is 31.4 Å². The quantitative estimate of drug-likeness (QED) is 0.179. The number of nitrogens with one attached hydrogen (secondary N) is 2. The van der Waals surface area contributed by atoms with E-state index >= 15 is 0 Å². The normalized spacial score (nSPS) is 17.1. The van der Waals surface area contributed by atoms with Gasteiger partial charge in [0.2, 0.25) is 5.91 Å². The maximum atomic E-state index is 12.3. The Morgan fingerprint density at radius 3 is 2.10 bits per heavy atom. The zero-order valence-electron chi connectivity index (χ0n) is 16.5. The van der Waals surface area contributed by atoms with Gasteiger partial charge in [-0.3, -0.25) is 14.4 Å². The van der Waals surface area contributed by atoms with Crippen molar-refractivity contribution in [1.82, 2.24) is 10.6 Å². The van der Waals surface area contributed by atoms with E-state index < -0.39 is 67.2 Å². The van der Waals surface area contributed by atoms with Crippen molar-refractivity contribution < 1.29 is 39.9 Å². The summed E-state index contributed by atoms with van der Waals surface area (Å²) in [6, 6.07) is 4.86. The fourth-order valence-corrected chi connectivity index (χ4v) is 2.66. The Morgan fingerprint density at radius 2 is 1.60 bits per heavy atom. The number of carbonyl (C=O) groups is 3. The fraction of sp³-hybridized carbons (Fsp3) is 0.526. The van der Waals surface area contributed by atoms with Gasteiger partial charge >= 0.3 is 5.97 Å². The van der Waals surface area contributed by atoms with E-state index in [0.29, 0.717) is 5.56 Å². The molecule has 0 fully saturated rings. The summed E-state index contributed by atoms with van der Waals surface area (Å²) in [5, 5.41) is 53.5. The summed E-state index contributed by atoms with van der Waals surface area (Å²) >= 11 is 0. The number of benzene rings is 1. The zero-order chi connectivity index (χ0) is 22.8. The van der Waals surface area contributed by atoms with E-state index in [0.717, 1.165) is 0 Å². The van der Waals surface area contributed by atoms with Gasteiger partial charge in [-0.05, 0) is 12.0 Å². The molecular weight excluding hydrogens is 398 g/mol. The number of aliphatic hydroxyl groups excluding tert-OH is 4. The molecule has 2 amide bonds. The van der Waals surface area contributed by atoms with Crippen LogP contribution in [0.4, 0.5) is 0 Å². The number of rotatable bonds is 12. The number of carboxylic acids is 1. The molecular formula is C19H29N3O8. The lowest BCUT2D eigenvalue weighted by Crippen LogP contribution is -2.58. The number of hydrogen-bond acceptors (Lipinski definition) is 8. The van der Waals surface area contributed by atoms with E-state index in [4.69, 9.17) is 10.8 Å². The molecule has 2 unspecified atom stereocenters. The van der Waals surface area contributed by atoms with Crippen molar-refractivity contribution in [2.24, 2.45) is 5.73 Å². The van der Waals surface area contributed by atoms with Crippen LogP contribution in [0.5, 0.6) is 0 Å². The summed E-state index contributed by atoms with van der Waals surface area (Å²) in [5.74, 6) is -3.02. The highest BCUT2D eigenvalue weighted by Crippen LogP contribution is 2.17. The van der Waals surface area contributed by atoms with Crippen LogP contribution in [0, 0.1) is 0 Å². The Labute approximate surface area is 173 Å². The lowest BCUT2D eigenvalue weighted by molar-refractivity contribution is -0.145. The first-order valence-electron chi connectivity index (χ1n) is 9.40. The van der Waals surface area contributed by atoms with Crippen LogP contribution < -0.4 is 16.4 Å². The fourth-order valence-electron chi connectivity index (χ4n) is 2.66. The molecule has 9 N–H and O–H groups in total. The van der Waals surface area contributed by atoms with E-state index in [9.17, 15) is 34.8 Å². The average molecular weight is 427 g/mol. The van der Waals surface area contributed by atoms with Crippen molar-refractivity contribution >= 4 is 17.8 Å².